The number of nitrogens with one attached hydrogen (secondary N) is 1. The van der Waals surface area contributed by atoms with E-state index in [0.717, 1.165) is 23.6 Å². The first-order valence-corrected chi connectivity index (χ1v) is 6.84. The van der Waals surface area contributed by atoms with Crippen molar-refractivity contribution >= 4 is 11.6 Å². The van der Waals surface area contributed by atoms with Gasteiger partial charge in [0.2, 0.25) is 0 Å². The van der Waals surface area contributed by atoms with Gasteiger partial charge >= 0.3 is 0 Å². The van der Waals surface area contributed by atoms with Crippen LogP contribution in [0.2, 0.25) is 5.02 Å². The number of aromatic nitrogens is 2. The minimum Gasteiger partial charge on any atom is -0.306 e. The number of halogens is 1. The van der Waals surface area contributed by atoms with Crippen molar-refractivity contribution in [3.63, 3.8) is 0 Å². The Morgan fingerprint density at radius 3 is 2.68 bits per heavy atom. The third kappa shape index (κ3) is 3.52. The third-order valence-electron chi connectivity index (χ3n) is 3.06. The van der Waals surface area contributed by atoms with Gasteiger partial charge in [-0.1, -0.05) is 24.6 Å². The van der Waals surface area contributed by atoms with E-state index < -0.39 is 0 Å². The fourth-order valence-electron chi connectivity index (χ4n) is 2.08. The van der Waals surface area contributed by atoms with E-state index in [1.165, 1.54) is 11.1 Å². The molecule has 0 aliphatic carbocycles. The van der Waals surface area contributed by atoms with Crippen LogP contribution >= 0.6 is 11.6 Å². The Hall–Kier alpha value is -1.45. The molecule has 0 fully saturated rings. The summed E-state index contributed by atoms with van der Waals surface area (Å²) < 4.78 is 0. The number of nitrogens with zero attached hydrogens (tertiary/aromatic N) is 2. The SMILES string of the molecule is CCCNC(c1cncnc1)c1cc(Cl)ccc1C. The highest BCUT2D eigenvalue weighted by Gasteiger charge is 2.16. The van der Waals surface area contributed by atoms with Crippen molar-refractivity contribution < 1.29 is 0 Å². The first-order valence-electron chi connectivity index (χ1n) is 6.46. The predicted molar refractivity (Wildman–Crippen MR) is 78.4 cm³/mol. The summed E-state index contributed by atoms with van der Waals surface area (Å²) in [4.78, 5) is 8.21. The molecule has 2 rings (SSSR count). The number of hydrogen-bond donors (Lipinski definition) is 1. The van der Waals surface area contributed by atoms with Gasteiger partial charge in [0, 0.05) is 23.0 Å². The average Bonchev–Trinajstić information content (AvgIpc) is 2.44. The van der Waals surface area contributed by atoms with Crippen molar-refractivity contribution in [1.82, 2.24) is 15.3 Å². The summed E-state index contributed by atoms with van der Waals surface area (Å²) in [6, 6.07) is 6.05. The maximum Gasteiger partial charge on any atom is 0.115 e. The highest BCUT2D eigenvalue weighted by molar-refractivity contribution is 6.30. The maximum absolute atomic E-state index is 6.12. The average molecular weight is 276 g/mol. The summed E-state index contributed by atoms with van der Waals surface area (Å²) in [5.41, 5.74) is 3.44. The lowest BCUT2D eigenvalue weighted by Crippen LogP contribution is -2.24. The molecule has 4 heteroatoms. The van der Waals surface area contributed by atoms with Crippen LogP contribution in [0.15, 0.2) is 36.9 Å². The van der Waals surface area contributed by atoms with E-state index >= 15 is 0 Å². The van der Waals surface area contributed by atoms with Crippen molar-refractivity contribution in [1.29, 1.82) is 0 Å². The number of benzene rings is 1. The second-order valence-electron chi connectivity index (χ2n) is 4.56. The van der Waals surface area contributed by atoms with Crippen LogP contribution in [0.25, 0.3) is 0 Å². The fraction of sp³-hybridized carbons (Fsp3) is 0.333. The first kappa shape index (κ1) is 14.0. The minimum absolute atomic E-state index is 0.0832. The molecule has 1 aromatic heterocycles. The predicted octanol–water partition coefficient (Wildman–Crippen LogP) is 3.53. The van der Waals surface area contributed by atoms with Crippen molar-refractivity contribution in [2.24, 2.45) is 0 Å². The van der Waals surface area contributed by atoms with E-state index in [2.05, 4.69) is 29.1 Å². The molecule has 2 aromatic rings. The molecule has 0 aliphatic rings. The number of aryl methyl sites for hydroxylation is 1. The normalized spacial score (nSPS) is 12.4. The molecule has 0 saturated carbocycles. The van der Waals surface area contributed by atoms with Gasteiger partial charge in [0.1, 0.15) is 6.33 Å². The van der Waals surface area contributed by atoms with Crippen molar-refractivity contribution in [3.05, 3.63) is 58.6 Å². The summed E-state index contributed by atoms with van der Waals surface area (Å²) in [6.07, 6.45) is 6.32. The standard InChI is InChI=1S/C15H18ClN3/c1-3-6-19-15(12-8-17-10-18-9-12)14-7-13(16)5-4-11(14)2/h4-5,7-10,15,19H,3,6H2,1-2H3. The van der Waals surface area contributed by atoms with E-state index in [0.29, 0.717) is 0 Å². The molecule has 0 radical (unpaired) electrons. The Bertz CT molecular complexity index is 528. The van der Waals surface area contributed by atoms with Crippen LogP contribution in [0, 0.1) is 6.92 Å². The molecule has 1 aromatic carbocycles. The zero-order chi connectivity index (χ0) is 13.7. The van der Waals surface area contributed by atoms with Crippen LogP contribution < -0.4 is 5.32 Å². The lowest BCUT2D eigenvalue weighted by atomic mass is 9.96. The van der Waals surface area contributed by atoms with Gasteiger partial charge in [-0.15, -0.1) is 0 Å². The van der Waals surface area contributed by atoms with E-state index in [1.54, 1.807) is 6.33 Å². The van der Waals surface area contributed by atoms with Crippen LogP contribution in [0.5, 0.6) is 0 Å². The Balaban J connectivity index is 2.40. The molecule has 1 unspecified atom stereocenters. The van der Waals surface area contributed by atoms with Crippen LogP contribution in [0.4, 0.5) is 0 Å². The molecule has 100 valence electrons. The van der Waals surface area contributed by atoms with Crippen LogP contribution in [-0.4, -0.2) is 16.5 Å². The van der Waals surface area contributed by atoms with E-state index in [4.69, 9.17) is 11.6 Å². The van der Waals surface area contributed by atoms with Gasteiger partial charge in [0.15, 0.2) is 0 Å². The third-order valence-corrected chi connectivity index (χ3v) is 3.30. The van der Waals surface area contributed by atoms with Gasteiger partial charge in [-0.2, -0.15) is 0 Å². The van der Waals surface area contributed by atoms with Gasteiger partial charge in [-0.05, 0) is 43.1 Å². The van der Waals surface area contributed by atoms with Crippen molar-refractivity contribution in [2.75, 3.05) is 6.54 Å². The van der Waals surface area contributed by atoms with Crippen LogP contribution in [0.1, 0.15) is 36.1 Å². The molecule has 0 spiro atoms. The molecule has 0 amide bonds. The summed E-state index contributed by atoms with van der Waals surface area (Å²) in [6.45, 7) is 5.18. The Labute approximate surface area is 119 Å². The quantitative estimate of drug-likeness (QED) is 0.907. The number of hydrogen-bond acceptors (Lipinski definition) is 3. The molecule has 0 bridgehead atoms. The van der Waals surface area contributed by atoms with Crippen molar-refractivity contribution in [3.8, 4) is 0 Å². The molecule has 3 nitrogen and oxygen atoms in total. The zero-order valence-electron chi connectivity index (χ0n) is 11.2. The largest absolute Gasteiger partial charge is 0.306 e. The molecule has 1 heterocycles. The van der Waals surface area contributed by atoms with Gasteiger partial charge in [0.25, 0.3) is 0 Å². The summed E-state index contributed by atoms with van der Waals surface area (Å²) in [7, 11) is 0. The molecule has 1 N–H and O–H groups in total. The Morgan fingerprint density at radius 2 is 2.00 bits per heavy atom. The highest BCUT2D eigenvalue weighted by Crippen LogP contribution is 2.26. The maximum atomic E-state index is 6.12. The second kappa shape index (κ2) is 6.64. The summed E-state index contributed by atoms with van der Waals surface area (Å²) >= 11 is 6.12. The molecule has 0 saturated heterocycles. The van der Waals surface area contributed by atoms with Crippen molar-refractivity contribution in [2.45, 2.75) is 26.3 Å². The van der Waals surface area contributed by atoms with Gasteiger partial charge in [0.05, 0.1) is 6.04 Å². The zero-order valence-corrected chi connectivity index (χ0v) is 12.0. The highest BCUT2D eigenvalue weighted by atomic mass is 35.5. The van der Waals surface area contributed by atoms with Gasteiger partial charge in [-0.3, -0.25) is 0 Å². The van der Waals surface area contributed by atoms with Crippen LogP contribution in [0.3, 0.4) is 0 Å². The van der Waals surface area contributed by atoms with E-state index in [9.17, 15) is 0 Å². The molecular formula is C15H18ClN3. The van der Waals surface area contributed by atoms with E-state index in [-0.39, 0.29) is 6.04 Å². The Kier molecular flexibility index (Phi) is 4.88. The number of rotatable bonds is 5. The summed E-state index contributed by atoms with van der Waals surface area (Å²) in [5, 5.41) is 4.28. The van der Waals surface area contributed by atoms with Gasteiger partial charge < -0.3 is 5.32 Å². The molecule has 0 aliphatic heterocycles. The topological polar surface area (TPSA) is 37.8 Å². The smallest absolute Gasteiger partial charge is 0.115 e. The first-order chi connectivity index (χ1) is 9.22. The minimum atomic E-state index is 0.0832. The summed E-state index contributed by atoms with van der Waals surface area (Å²) in [5.74, 6) is 0. The van der Waals surface area contributed by atoms with Gasteiger partial charge in [-0.25, -0.2) is 9.97 Å². The van der Waals surface area contributed by atoms with E-state index in [1.807, 2.05) is 30.6 Å². The lowest BCUT2D eigenvalue weighted by Gasteiger charge is -2.21. The Morgan fingerprint density at radius 1 is 1.26 bits per heavy atom. The second-order valence-corrected chi connectivity index (χ2v) is 5.00. The monoisotopic (exact) mass is 275 g/mol. The lowest BCUT2D eigenvalue weighted by molar-refractivity contribution is 0.593. The fourth-order valence-corrected chi connectivity index (χ4v) is 2.26. The van der Waals surface area contributed by atoms with Crippen LogP contribution in [-0.2, 0) is 0 Å². The molecular weight excluding hydrogens is 258 g/mol. The molecule has 19 heavy (non-hydrogen) atoms. The molecule has 1 atom stereocenters.